The molecule has 3 aromatic rings. The average Bonchev–Trinajstić information content (AvgIpc) is 3.09. The molecule has 9 heteroatoms. The van der Waals surface area contributed by atoms with Gasteiger partial charge in [-0.2, -0.15) is 0 Å². The normalized spacial score (nSPS) is 10.9. The lowest BCUT2D eigenvalue weighted by atomic mass is 10.3. The first-order valence-electron chi connectivity index (χ1n) is 5.94. The summed E-state index contributed by atoms with van der Waals surface area (Å²) in [5, 5.41) is 8.15. The zero-order chi connectivity index (χ0) is 14.8. The smallest absolute Gasteiger partial charge is 0.341 e. The van der Waals surface area contributed by atoms with Crippen LogP contribution in [0.2, 0.25) is 0 Å². The third kappa shape index (κ3) is 2.83. The largest absolute Gasteiger partial charge is 0.465 e. The Hall–Kier alpha value is -2.13. The Balaban J connectivity index is 1.85. The van der Waals surface area contributed by atoms with Crippen LogP contribution in [-0.4, -0.2) is 32.7 Å². The van der Waals surface area contributed by atoms with Crippen molar-refractivity contribution < 1.29 is 9.53 Å². The van der Waals surface area contributed by atoms with Crippen molar-refractivity contribution in [2.45, 2.75) is 10.1 Å². The van der Waals surface area contributed by atoms with Crippen molar-refractivity contribution in [2.75, 3.05) is 12.8 Å². The monoisotopic (exact) mass is 321 g/mol. The minimum atomic E-state index is -0.401. The number of hydrogen-bond acceptors (Lipinski definition) is 8. The number of carbonyl (C=O) groups is 1. The lowest BCUT2D eigenvalue weighted by Gasteiger charge is -2.00. The van der Waals surface area contributed by atoms with Crippen molar-refractivity contribution in [3.63, 3.8) is 0 Å². The minimum Gasteiger partial charge on any atom is -0.465 e. The SMILES string of the molecule is COC(=O)c1cccn2cc(CSc3nnc(N)s3)nc12. The topological polar surface area (TPSA) is 95.4 Å². The lowest BCUT2D eigenvalue weighted by molar-refractivity contribution is 0.0602. The van der Waals surface area contributed by atoms with Crippen LogP contribution in [0.3, 0.4) is 0 Å². The van der Waals surface area contributed by atoms with Crippen LogP contribution in [0.25, 0.3) is 5.65 Å². The van der Waals surface area contributed by atoms with Crippen LogP contribution in [0.4, 0.5) is 5.13 Å². The molecule has 0 radical (unpaired) electrons. The standard InChI is InChI=1S/C12H11N5O2S2/c1-19-10(18)8-3-2-4-17-5-7(14-9(8)17)6-20-12-16-15-11(13)21-12/h2-5H,6H2,1H3,(H2,13,15). The fraction of sp³-hybridized carbons (Fsp3) is 0.167. The van der Waals surface area contributed by atoms with Gasteiger partial charge in [-0.1, -0.05) is 23.1 Å². The Bertz CT molecular complexity index is 798. The van der Waals surface area contributed by atoms with Gasteiger partial charge in [0, 0.05) is 18.1 Å². The van der Waals surface area contributed by atoms with Crippen molar-refractivity contribution in [3.8, 4) is 0 Å². The van der Waals surface area contributed by atoms with Crippen molar-refractivity contribution >= 4 is 39.8 Å². The molecule has 0 aliphatic carbocycles. The fourth-order valence-electron chi connectivity index (χ4n) is 1.82. The summed E-state index contributed by atoms with van der Waals surface area (Å²) < 4.78 is 7.35. The third-order valence-electron chi connectivity index (χ3n) is 2.70. The maximum absolute atomic E-state index is 11.7. The summed E-state index contributed by atoms with van der Waals surface area (Å²) in [5.41, 5.74) is 7.40. The number of fused-ring (bicyclic) bond motifs is 1. The summed E-state index contributed by atoms with van der Waals surface area (Å²) in [4.78, 5) is 16.2. The predicted molar refractivity (Wildman–Crippen MR) is 80.4 cm³/mol. The number of imidazole rings is 1. The summed E-state index contributed by atoms with van der Waals surface area (Å²) in [6.45, 7) is 0. The van der Waals surface area contributed by atoms with Gasteiger partial charge in [-0.05, 0) is 12.1 Å². The van der Waals surface area contributed by atoms with Gasteiger partial charge in [-0.15, -0.1) is 10.2 Å². The molecule has 108 valence electrons. The first kappa shape index (κ1) is 13.8. The number of hydrogen-bond donors (Lipinski definition) is 1. The zero-order valence-corrected chi connectivity index (χ0v) is 12.6. The molecule has 3 heterocycles. The van der Waals surface area contributed by atoms with Gasteiger partial charge < -0.3 is 14.9 Å². The van der Waals surface area contributed by atoms with Crippen molar-refractivity contribution in [1.29, 1.82) is 0 Å². The number of ether oxygens (including phenoxy) is 1. The molecule has 0 aromatic carbocycles. The second-order valence-corrected chi connectivity index (χ2v) is 6.30. The van der Waals surface area contributed by atoms with Crippen molar-refractivity contribution in [3.05, 3.63) is 35.8 Å². The molecule has 0 saturated heterocycles. The van der Waals surface area contributed by atoms with Crippen LogP contribution < -0.4 is 5.73 Å². The number of rotatable bonds is 4. The van der Waals surface area contributed by atoms with E-state index in [2.05, 4.69) is 15.2 Å². The van der Waals surface area contributed by atoms with Gasteiger partial charge in [0.1, 0.15) is 5.56 Å². The lowest BCUT2D eigenvalue weighted by Crippen LogP contribution is -2.03. The Morgan fingerprint density at radius 3 is 3.10 bits per heavy atom. The highest BCUT2D eigenvalue weighted by Gasteiger charge is 2.13. The van der Waals surface area contributed by atoms with Crippen LogP contribution in [0.1, 0.15) is 16.1 Å². The fourth-order valence-corrected chi connectivity index (χ4v) is 3.34. The van der Waals surface area contributed by atoms with Gasteiger partial charge in [0.25, 0.3) is 0 Å². The summed E-state index contributed by atoms with van der Waals surface area (Å²) in [6, 6.07) is 3.47. The number of thioether (sulfide) groups is 1. The highest BCUT2D eigenvalue weighted by Crippen LogP contribution is 2.26. The first-order chi connectivity index (χ1) is 10.2. The van der Waals surface area contributed by atoms with E-state index in [4.69, 9.17) is 10.5 Å². The molecule has 0 aliphatic heterocycles. The molecular formula is C12H11N5O2S2. The van der Waals surface area contributed by atoms with Crippen LogP contribution in [-0.2, 0) is 10.5 Å². The second kappa shape index (κ2) is 5.70. The van der Waals surface area contributed by atoms with E-state index in [1.54, 1.807) is 16.5 Å². The van der Waals surface area contributed by atoms with Gasteiger partial charge in [0.2, 0.25) is 5.13 Å². The van der Waals surface area contributed by atoms with Gasteiger partial charge in [-0.3, -0.25) is 0 Å². The molecule has 2 N–H and O–H groups in total. The number of esters is 1. The summed E-state index contributed by atoms with van der Waals surface area (Å²) in [5.74, 6) is 0.221. The van der Waals surface area contributed by atoms with Crippen LogP contribution in [0, 0.1) is 0 Å². The molecule has 3 rings (SSSR count). The number of nitrogens with zero attached hydrogens (tertiary/aromatic N) is 4. The number of pyridine rings is 1. The predicted octanol–water partition coefficient (Wildman–Crippen LogP) is 1.85. The molecule has 21 heavy (non-hydrogen) atoms. The number of anilines is 1. The van der Waals surface area contributed by atoms with Gasteiger partial charge >= 0.3 is 5.97 Å². The van der Waals surface area contributed by atoms with E-state index >= 15 is 0 Å². The van der Waals surface area contributed by atoms with E-state index in [1.165, 1.54) is 30.2 Å². The molecule has 0 spiro atoms. The maximum Gasteiger partial charge on any atom is 0.341 e. The Kier molecular flexibility index (Phi) is 3.76. The van der Waals surface area contributed by atoms with E-state index in [-0.39, 0.29) is 0 Å². The number of nitrogens with two attached hydrogens (primary N) is 1. The summed E-state index contributed by atoms with van der Waals surface area (Å²) >= 11 is 2.84. The zero-order valence-electron chi connectivity index (χ0n) is 11.0. The Morgan fingerprint density at radius 1 is 1.52 bits per heavy atom. The van der Waals surface area contributed by atoms with Crippen molar-refractivity contribution in [2.24, 2.45) is 0 Å². The molecule has 0 amide bonds. The van der Waals surface area contributed by atoms with E-state index in [1.807, 2.05) is 12.4 Å². The molecule has 0 bridgehead atoms. The van der Waals surface area contributed by atoms with E-state index in [0.717, 1.165) is 10.0 Å². The molecular weight excluding hydrogens is 310 g/mol. The number of nitrogen functional groups attached to an aromatic ring is 1. The van der Waals surface area contributed by atoms with Gasteiger partial charge in [-0.25, -0.2) is 9.78 Å². The van der Waals surface area contributed by atoms with Crippen LogP contribution in [0.5, 0.6) is 0 Å². The number of methoxy groups -OCH3 is 1. The summed E-state index contributed by atoms with van der Waals surface area (Å²) in [7, 11) is 1.35. The molecule has 7 nitrogen and oxygen atoms in total. The Labute approximate surface area is 128 Å². The molecule has 0 aliphatic rings. The minimum absolute atomic E-state index is 0.401. The first-order valence-corrected chi connectivity index (χ1v) is 7.74. The molecule has 3 aromatic heterocycles. The molecule has 0 unspecified atom stereocenters. The maximum atomic E-state index is 11.7. The Morgan fingerprint density at radius 2 is 2.38 bits per heavy atom. The number of carbonyl (C=O) groups excluding carboxylic acids is 1. The van der Waals surface area contributed by atoms with Gasteiger partial charge in [0.15, 0.2) is 9.99 Å². The third-order valence-corrected chi connectivity index (χ3v) is 4.62. The average molecular weight is 321 g/mol. The second-order valence-electron chi connectivity index (χ2n) is 4.07. The highest BCUT2D eigenvalue weighted by molar-refractivity contribution is 8.00. The van der Waals surface area contributed by atoms with Crippen LogP contribution >= 0.6 is 23.1 Å². The quantitative estimate of drug-likeness (QED) is 0.578. The highest BCUT2D eigenvalue weighted by atomic mass is 32.2. The van der Waals surface area contributed by atoms with Crippen molar-refractivity contribution in [1.82, 2.24) is 19.6 Å². The van der Waals surface area contributed by atoms with E-state index in [0.29, 0.717) is 22.1 Å². The molecule has 0 atom stereocenters. The number of aromatic nitrogens is 4. The van der Waals surface area contributed by atoms with E-state index < -0.39 is 5.97 Å². The molecule has 0 saturated carbocycles. The summed E-state index contributed by atoms with van der Waals surface area (Å²) in [6.07, 6.45) is 3.71. The van der Waals surface area contributed by atoms with Crippen LogP contribution in [0.15, 0.2) is 28.9 Å². The van der Waals surface area contributed by atoms with Gasteiger partial charge in [0.05, 0.1) is 12.8 Å². The molecule has 0 fully saturated rings. The van der Waals surface area contributed by atoms with E-state index in [9.17, 15) is 4.79 Å².